The molecule has 0 heterocycles. The molecule has 134 valence electrons. The number of benzene rings is 2. The zero-order valence-corrected chi connectivity index (χ0v) is 16.8. The van der Waals surface area contributed by atoms with Crippen molar-refractivity contribution in [1.82, 2.24) is 4.90 Å². The van der Waals surface area contributed by atoms with E-state index in [0.717, 1.165) is 21.7 Å². The fraction of sp³-hybridized carbons (Fsp3) is 0.278. The van der Waals surface area contributed by atoms with Crippen LogP contribution in [0.2, 0.25) is 0 Å². The number of hydrogen-bond acceptors (Lipinski definition) is 3. The van der Waals surface area contributed by atoms with Gasteiger partial charge in [0.25, 0.3) is 0 Å². The van der Waals surface area contributed by atoms with Crippen molar-refractivity contribution in [2.24, 2.45) is 0 Å². The van der Waals surface area contributed by atoms with Crippen molar-refractivity contribution in [3.63, 3.8) is 0 Å². The number of aryl methyl sites for hydroxylation is 1. The van der Waals surface area contributed by atoms with Gasteiger partial charge in [0.1, 0.15) is 6.54 Å². The highest BCUT2D eigenvalue weighted by Crippen LogP contribution is 2.27. The Balaban J connectivity index is 2.17. The maximum Gasteiger partial charge on any atom is 0.243 e. The van der Waals surface area contributed by atoms with Crippen LogP contribution < -0.4 is 4.31 Å². The molecule has 2 aromatic rings. The fourth-order valence-electron chi connectivity index (χ4n) is 2.33. The summed E-state index contributed by atoms with van der Waals surface area (Å²) in [4.78, 5) is 14.1. The highest BCUT2D eigenvalue weighted by atomic mass is 79.9. The second-order valence-corrected chi connectivity index (χ2v) is 8.72. The number of halogens is 1. The summed E-state index contributed by atoms with van der Waals surface area (Å²) in [6, 6.07) is 14.8. The maximum atomic E-state index is 12.6. The van der Waals surface area contributed by atoms with Crippen molar-refractivity contribution in [2.75, 3.05) is 24.2 Å². The predicted octanol–water partition coefficient (Wildman–Crippen LogP) is 3.18. The quantitative estimate of drug-likeness (QED) is 0.715. The average Bonchev–Trinajstić information content (AvgIpc) is 2.54. The first kappa shape index (κ1) is 19.5. The van der Waals surface area contributed by atoms with Crippen molar-refractivity contribution in [3.8, 4) is 0 Å². The van der Waals surface area contributed by atoms with Gasteiger partial charge in [-0.2, -0.15) is 0 Å². The Hall–Kier alpha value is -1.86. The molecular formula is C18H21BrN2O3S. The molecule has 25 heavy (non-hydrogen) atoms. The van der Waals surface area contributed by atoms with E-state index in [1.165, 1.54) is 4.90 Å². The normalized spacial score (nSPS) is 11.2. The fourth-order valence-corrected chi connectivity index (χ4v) is 3.81. The molecule has 2 rings (SSSR count). The van der Waals surface area contributed by atoms with Gasteiger partial charge in [-0.1, -0.05) is 42.0 Å². The maximum absolute atomic E-state index is 12.6. The first-order chi connectivity index (χ1) is 11.7. The highest BCUT2D eigenvalue weighted by Gasteiger charge is 2.24. The Labute approximate surface area is 157 Å². The number of anilines is 1. The Bertz CT molecular complexity index is 851. The number of likely N-dealkylation sites (N-methyl/N-ethyl adjacent to an activating group) is 1. The third-order valence-corrected chi connectivity index (χ3v) is 5.56. The van der Waals surface area contributed by atoms with Crippen LogP contribution in [0.5, 0.6) is 0 Å². The lowest BCUT2D eigenvalue weighted by atomic mass is 10.1. The number of amides is 1. The lowest BCUT2D eigenvalue weighted by Gasteiger charge is -2.26. The van der Waals surface area contributed by atoms with Crippen LogP contribution in [0.25, 0.3) is 0 Å². The molecule has 0 fully saturated rings. The third kappa shape index (κ3) is 5.31. The van der Waals surface area contributed by atoms with Crippen LogP contribution in [0.15, 0.2) is 53.0 Å². The smallest absolute Gasteiger partial charge is 0.243 e. The summed E-state index contributed by atoms with van der Waals surface area (Å²) >= 11 is 3.35. The number of carbonyl (C=O) groups excluding carboxylic acids is 1. The van der Waals surface area contributed by atoms with Crippen LogP contribution in [-0.2, 0) is 21.4 Å². The molecule has 2 aromatic carbocycles. The van der Waals surface area contributed by atoms with Gasteiger partial charge in [0.15, 0.2) is 0 Å². The van der Waals surface area contributed by atoms with E-state index >= 15 is 0 Å². The van der Waals surface area contributed by atoms with Gasteiger partial charge in [-0.05, 0) is 40.5 Å². The van der Waals surface area contributed by atoms with Crippen molar-refractivity contribution in [3.05, 3.63) is 64.1 Å². The minimum Gasteiger partial charge on any atom is -0.340 e. The van der Waals surface area contributed by atoms with E-state index in [4.69, 9.17) is 0 Å². The minimum atomic E-state index is -3.59. The largest absolute Gasteiger partial charge is 0.340 e. The molecule has 0 bridgehead atoms. The second-order valence-electron chi connectivity index (χ2n) is 5.96. The molecule has 0 aromatic heterocycles. The van der Waals surface area contributed by atoms with E-state index in [9.17, 15) is 13.2 Å². The summed E-state index contributed by atoms with van der Waals surface area (Å²) in [6.07, 6.45) is 1.10. The first-order valence-electron chi connectivity index (χ1n) is 7.70. The van der Waals surface area contributed by atoms with Gasteiger partial charge in [0.05, 0.1) is 11.9 Å². The Morgan fingerprint density at radius 1 is 1.08 bits per heavy atom. The molecule has 0 aliphatic heterocycles. The van der Waals surface area contributed by atoms with Crippen LogP contribution in [0.4, 0.5) is 5.69 Å². The molecule has 0 aliphatic rings. The summed E-state index contributed by atoms with van der Waals surface area (Å²) in [7, 11) is -1.92. The van der Waals surface area contributed by atoms with Crippen LogP contribution in [-0.4, -0.2) is 39.1 Å². The van der Waals surface area contributed by atoms with Crippen molar-refractivity contribution in [1.29, 1.82) is 0 Å². The Morgan fingerprint density at radius 3 is 2.24 bits per heavy atom. The van der Waals surface area contributed by atoms with Crippen molar-refractivity contribution < 1.29 is 13.2 Å². The van der Waals surface area contributed by atoms with E-state index < -0.39 is 10.0 Å². The number of nitrogens with zero attached hydrogens (tertiary/aromatic N) is 2. The van der Waals surface area contributed by atoms with Gasteiger partial charge in [-0.15, -0.1) is 0 Å². The van der Waals surface area contributed by atoms with E-state index in [2.05, 4.69) is 15.9 Å². The molecule has 7 heteroatoms. The number of carbonyl (C=O) groups is 1. The molecule has 0 radical (unpaired) electrons. The van der Waals surface area contributed by atoms with E-state index in [1.807, 2.05) is 31.2 Å². The van der Waals surface area contributed by atoms with Crippen molar-refractivity contribution in [2.45, 2.75) is 13.5 Å². The van der Waals surface area contributed by atoms with E-state index in [-0.39, 0.29) is 12.5 Å². The first-order valence-corrected chi connectivity index (χ1v) is 10.3. The predicted molar refractivity (Wildman–Crippen MR) is 104 cm³/mol. The molecule has 0 unspecified atom stereocenters. The van der Waals surface area contributed by atoms with E-state index in [0.29, 0.717) is 16.7 Å². The zero-order valence-electron chi connectivity index (χ0n) is 14.4. The van der Waals surface area contributed by atoms with Gasteiger partial charge < -0.3 is 4.90 Å². The molecule has 0 saturated heterocycles. The SMILES string of the molecule is Cc1ccc(CN(C)C(=O)CN(c2ccccc2Br)S(C)(=O)=O)cc1. The van der Waals surface area contributed by atoms with Crippen LogP contribution >= 0.6 is 15.9 Å². The lowest BCUT2D eigenvalue weighted by molar-refractivity contribution is -0.128. The molecular weight excluding hydrogens is 404 g/mol. The van der Waals surface area contributed by atoms with Gasteiger partial charge in [-0.3, -0.25) is 9.10 Å². The molecule has 0 saturated carbocycles. The van der Waals surface area contributed by atoms with Crippen LogP contribution in [0, 0.1) is 6.92 Å². The molecule has 0 aliphatic carbocycles. The summed E-state index contributed by atoms with van der Waals surface area (Å²) in [5.41, 5.74) is 2.59. The molecule has 0 N–H and O–H groups in total. The Kier molecular flexibility index (Phi) is 6.24. The summed E-state index contributed by atoms with van der Waals surface area (Å²) in [6.45, 7) is 2.18. The molecule has 0 spiro atoms. The van der Waals surface area contributed by atoms with Gasteiger partial charge in [0.2, 0.25) is 15.9 Å². The number of hydrogen-bond donors (Lipinski definition) is 0. The lowest BCUT2D eigenvalue weighted by Crippen LogP contribution is -2.41. The van der Waals surface area contributed by atoms with E-state index in [1.54, 1.807) is 31.3 Å². The van der Waals surface area contributed by atoms with Gasteiger partial charge >= 0.3 is 0 Å². The number of sulfonamides is 1. The monoisotopic (exact) mass is 424 g/mol. The van der Waals surface area contributed by atoms with Crippen molar-refractivity contribution >= 4 is 37.5 Å². The summed E-state index contributed by atoms with van der Waals surface area (Å²) in [5.74, 6) is -0.276. The minimum absolute atomic E-state index is 0.246. The number of rotatable bonds is 6. The molecule has 1 amide bonds. The zero-order chi connectivity index (χ0) is 18.6. The molecule has 0 atom stereocenters. The van der Waals surface area contributed by atoms with Crippen LogP contribution in [0.3, 0.4) is 0 Å². The average molecular weight is 425 g/mol. The van der Waals surface area contributed by atoms with Crippen LogP contribution in [0.1, 0.15) is 11.1 Å². The second kappa shape index (κ2) is 8.01. The third-order valence-electron chi connectivity index (χ3n) is 3.77. The standard InChI is InChI=1S/C18H21BrN2O3S/c1-14-8-10-15(11-9-14)12-20(2)18(22)13-21(25(3,23)24)17-7-5-4-6-16(17)19/h4-11H,12-13H2,1-3H3. The van der Waals surface area contributed by atoms with Gasteiger partial charge in [0, 0.05) is 18.1 Å². The summed E-state index contributed by atoms with van der Waals surface area (Å²) < 4.78 is 26.1. The molecule has 5 nitrogen and oxygen atoms in total. The number of para-hydroxylation sites is 1. The highest BCUT2D eigenvalue weighted by molar-refractivity contribution is 9.10. The topological polar surface area (TPSA) is 57.7 Å². The van der Waals surface area contributed by atoms with Gasteiger partial charge in [-0.25, -0.2) is 8.42 Å². The Morgan fingerprint density at radius 2 is 1.68 bits per heavy atom. The summed E-state index contributed by atoms with van der Waals surface area (Å²) in [5, 5.41) is 0.